The summed E-state index contributed by atoms with van der Waals surface area (Å²) in [5.74, 6) is 0.451. The van der Waals surface area contributed by atoms with Gasteiger partial charge in [-0.15, -0.1) is 0 Å². The van der Waals surface area contributed by atoms with E-state index in [1.165, 1.54) is 13.8 Å². The molecule has 0 aliphatic carbocycles. The Kier molecular flexibility index (Phi) is 7.54. The molecular formula is C25H28O4. The lowest BCUT2D eigenvalue weighted by Crippen LogP contribution is -2.06. The van der Waals surface area contributed by atoms with Gasteiger partial charge in [-0.3, -0.25) is 9.59 Å². The van der Waals surface area contributed by atoms with Crippen molar-refractivity contribution in [3.63, 3.8) is 0 Å². The molecule has 0 heterocycles. The van der Waals surface area contributed by atoms with Gasteiger partial charge in [0.15, 0.2) is 0 Å². The molecular weight excluding hydrogens is 364 g/mol. The molecule has 2 aromatic rings. The fourth-order valence-corrected chi connectivity index (χ4v) is 3.16. The molecule has 4 nitrogen and oxygen atoms in total. The van der Waals surface area contributed by atoms with Crippen molar-refractivity contribution in [2.75, 3.05) is 0 Å². The van der Waals surface area contributed by atoms with Gasteiger partial charge in [0.05, 0.1) is 0 Å². The molecule has 0 bridgehead atoms. The van der Waals surface area contributed by atoms with Crippen molar-refractivity contribution in [2.45, 2.75) is 47.0 Å². The third kappa shape index (κ3) is 7.07. The van der Waals surface area contributed by atoms with Crippen LogP contribution < -0.4 is 9.47 Å². The van der Waals surface area contributed by atoms with Crippen molar-refractivity contribution in [3.8, 4) is 11.5 Å². The van der Waals surface area contributed by atoms with E-state index in [1.807, 2.05) is 50.2 Å². The predicted octanol–water partition coefficient (Wildman–Crippen LogP) is 5.37. The molecule has 0 N–H and O–H groups in total. The maximum absolute atomic E-state index is 11.4. The summed E-state index contributed by atoms with van der Waals surface area (Å²) in [5, 5.41) is 0. The van der Waals surface area contributed by atoms with Gasteiger partial charge < -0.3 is 9.47 Å². The number of hydrogen-bond donors (Lipinski definition) is 0. The molecule has 0 aliphatic heterocycles. The fraction of sp³-hybridized carbons (Fsp3) is 0.280. The van der Waals surface area contributed by atoms with Crippen LogP contribution in [0.4, 0.5) is 0 Å². The summed E-state index contributed by atoms with van der Waals surface area (Å²) in [7, 11) is 0. The molecule has 0 fully saturated rings. The molecule has 0 amide bonds. The zero-order chi connectivity index (χ0) is 21.6. The summed E-state index contributed by atoms with van der Waals surface area (Å²) in [5.41, 5.74) is 6.04. The van der Waals surface area contributed by atoms with Crippen LogP contribution in [0.15, 0.2) is 60.7 Å². The lowest BCUT2D eigenvalue weighted by molar-refractivity contribution is -0.132. The summed E-state index contributed by atoms with van der Waals surface area (Å²) >= 11 is 0. The van der Waals surface area contributed by atoms with Crippen LogP contribution >= 0.6 is 0 Å². The number of rotatable bonds is 8. The lowest BCUT2D eigenvalue weighted by Gasteiger charge is -2.14. The smallest absolute Gasteiger partial charge is 0.308 e. The third-order valence-electron chi connectivity index (χ3n) is 4.15. The molecule has 0 saturated carbocycles. The highest BCUT2D eigenvalue weighted by molar-refractivity contribution is 5.70. The average Bonchev–Trinajstić information content (AvgIpc) is 2.58. The minimum Gasteiger partial charge on any atom is -0.426 e. The first kappa shape index (κ1) is 22.2. The lowest BCUT2D eigenvalue weighted by atomic mass is 9.96. The monoisotopic (exact) mass is 392 g/mol. The molecule has 0 saturated heterocycles. The molecule has 0 aliphatic rings. The number of esters is 2. The number of benzene rings is 2. The molecule has 0 spiro atoms. The zero-order valence-corrected chi connectivity index (χ0v) is 17.6. The first-order valence-electron chi connectivity index (χ1n) is 9.53. The highest BCUT2D eigenvalue weighted by Crippen LogP contribution is 2.27. The van der Waals surface area contributed by atoms with Crippen LogP contribution in [0.25, 0.3) is 0 Å². The number of carbonyl (C=O) groups is 2. The van der Waals surface area contributed by atoms with Crippen molar-refractivity contribution >= 4 is 11.9 Å². The Morgan fingerprint density at radius 2 is 1.10 bits per heavy atom. The van der Waals surface area contributed by atoms with Crippen molar-refractivity contribution < 1.29 is 19.1 Å². The Morgan fingerprint density at radius 1 is 0.724 bits per heavy atom. The molecule has 0 radical (unpaired) electrons. The first-order chi connectivity index (χ1) is 13.6. The van der Waals surface area contributed by atoms with E-state index in [-0.39, 0.29) is 11.9 Å². The van der Waals surface area contributed by atoms with Crippen LogP contribution in [-0.4, -0.2) is 11.9 Å². The second kappa shape index (κ2) is 9.87. The maximum Gasteiger partial charge on any atom is 0.308 e. The third-order valence-corrected chi connectivity index (χ3v) is 4.15. The van der Waals surface area contributed by atoms with E-state index >= 15 is 0 Å². The SMILES string of the molecule is C=C(C)Cc1cc(Cc2ccc(OC(C)=O)c(CC(=C)C)c2)ccc1OC(C)=O. The summed E-state index contributed by atoms with van der Waals surface area (Å²) in [6, 6.07) is 11.7. The van der Waals surface area contributed by atoms with Gasteiger partial charge in [-0.25, -0.2) is 0 Å². The zero-order valence-electron chi connectivity index (χ0n) is 17.6. The second-order valence-electron chi connectivity index (χ2n) is 7.52. The van der Waals surface area contributed by atoms with Gasteiger partial charge in [0.1, 0.15) is 11.5 Å². The minimum absolute atomic E-state index is 0.341. The number of ether oxygens (including phenoxy) is 2. The molecule has 4 heteroatoms. The van der Waals surface area contributed by atoms with Gasteiger partial charge in [-0.2, -0.15) is 0 Å². The fourth-order valence-electron chi connectivity index (χ4n) is 3.16. The van der Waals surface area contributed by atoms with Crippen molar-refractivity contribution in [2.24, 2.45) is 0 Å². The molecule has 29 heavy (non-hydrogen) atoms. The Morgan fingerprint density at radius 3 is 1.41 bits per heavy atom. The molecule has 0 atom stereocenters. The Bertz CT molecular complexity index is 876. The second-order valence-corrected chi connectivity index (χ2v) is 7.52. The highest BCUT2D eigenvalue weighted by atomic mass is 16.5. The van der Waals surface area contributed by atoms with Gasteiger partial charge in [0.25, 0.3) is 0 Å². The maximum atomic E-state index is 11.4. The van der Waals surface area contributed by atoms with E-state index in [9.17, 15) is 9.59 Å². The minimum atomic E-state index is -0.341. The first-order valence-corrected chi connectivity index (χ1v) is 9.53. The summed E-state index contributed by atoms with van der Waals surface area (Å²) in [6.45, 7) is 14.6. The van der Waals surface area contributed by atoms with Gasteiger partial charge in [0.2, 0.25) is 0 Å². The van der Waals surface area contributed by atoms with Crippen LogP contribution in [0.1, 0.15) is 49.9 Å². The van der Waals surface area contributed by atoms with Crippen LogP contribution in [0.3, 0.4) is 0 Å². The van der Waals surface area contributed by atoms with E-state index in [4.69, 9.17) is 9.47 Å². The van der Waals surface area contributed by atoms with E-state index in [0.717, 1.165) is 33.4 Å². The molecule has 0 aromatic heterocycles. The summed E-state index contributed by atoms with van der Waals surface area (Å²) in [4.78, 5) is 22.7. The Labute approximate surface area is 172 Å². The largest absolute Gasteiger partial charge is 0.426 e. The van der Waals surface area contributed by atoms with Crippen LogP contribution in [-0.2, 0) is 28.9 Å². The normalized spacial score (nSPS) is 10.3. The standard InChI is InChI=1S/C25H28O4/c1-16(2)11-22-14-20(7-9-24(22)28-18(5)26)13-21-8-10-25(29-19(6)27)23(15-21)12-17(3)4/h7-10,14-15H,1,3,11-13H2,2,4-6H3. The van der Waals surface area contributed by atoms with Crippen molar-refractivity contribution in [3.05, 3.63) is 83.0 Å². The number of hydrogen-bond acceptors (Lipinski definition) is 4. The quantitative estimate of drug-likeness (QED) is 0.344. The molecule has 2 rings (SSSR count). The van der Waals surface area contributed by atoms with E-state index in [0.29, 0.717) is 30.8 Å². The van der Waals surface area contributed by atoms with Crippen molar-refractivity contribution in [1.82, 2.24) is 0 Å². The molecule has 152 valence electrons. The highest BCUT2D eigenvalue weighted by Gasteiger charge is 2.11. The van der Waals surface area contributed by atoms with Gasteiger partial charge in [0, 0.05) is 13.8 Å². The molecule has 2 aromatic carbocycles. The Hall–Kier alpha value is -3.14. The topological polar surface area (TPSA) is 52.6 Å². The van der Waals surface area contributed by atoms with Gasteiger partial charge in [-0.1, -0.05) is 48.6 Å². The van der Waals surface area contributed by atoms with Gasteiger partial charge in [-0.05, 0) is 67.5 Å². The van der Waals surface area contributed by atoms with E-state index < -0.39 is 0 Å². The van der Waals surface area contributed by atoms with Crippen LogP contribution in [0, 0.1) is 0 Å². The molecule has 0 unspecified atom stereocenters. The number of carbonyl (C=O) groups excluding carboxylic acids is 2. The van der Waals surface area contributed by atoms with E-state index in [2.05, 4.69) is 13.2 Å². The average molecular weight is 392 g/mol. The number of allylic oxidation sites excluding steroid dienone is 2. The van der Waals surface area contributed by atoms with Crippen LogP contribution in [0.2, 0.25) is 0 Å². The summed E-state index contributed by atoms with van der Waals surface area (Å²) < 4.78 is 10.7. The predicted molar refractivity (Wildman–Crippen MR) is 115 cm³/mol. The van der Waals surface area contributed by atoms with Crippen molar-refractivity contribution in [1.29, 1.82) is 0 Å². The van der Waals surface area contributed by atoms with Crippen LogP contribution in [0.5, 0.6) is 11.5 Å². The Balaban J connectivity index is 2.34. The van der Waals surface area contributed by atoms with E-state index in [1.54, 1.807) is 0 Å². The summed E-state index contributed by atoms with van der Waals surface area (Å²) in [6.07, 6.45) is 1.98. The van der Waals surface area contributed by atoms with Gasteiger partial charge >= 0.3 is 11.9 Å².